The zero-order valence-corrected chi connectivity index (χ0v) is 14.8. The van der Waals surface area contributed by atoms with Crippen LogP contribution in [0.25, 0.3) is 0 Å². The summed E-state index contributed by atoms with van der Waals surface area (Å²) in [7, 11) is 0. The van der Waals surface area contributed by atoms with Crippen LogP contribution >= 0.6 is 31.9 Å². The van der Waals surface area contributed by atoms with E-state index in [1.165, 1.54) is 0 Å². The summed E-state index contributed by atoms with van der Waals surface area (Å²) in [4.78, 5) is 12.6. The molecule has 0 aliphatic carbocycles. The lowest BCUT2D eigenvalue weighted by Gasteiger charge is -2.34. The molecule has 0 radical (unpaired) electrons. The first-order chi connectivity index (χ1) is 8.91. The Morgan fingerprint density at radius 2 is 1.68 bits per heavy atom. The van der Waals surface area contributed by atoms with E-state index in [0.29, 0.717) is 0 Å². The number of nitrogens with one attached hydrogen (secondary N) is 1. The predicted octanol–water partition coefficient (Wildman–Crippen LogP) is 4.02. The van der Waals surface area contributed by atoms with Gasteiger partial charge in [0.25, 0.3) is 0 Å². The quantitative estimate of drug-likeness (QED) is 0.730. The SMILES string of the molecule is CCC(CBr)(CBr)NC(=O)C(C)(C)c1ccccc1. The van der Waals surface area contributed by atoms with Crippen molar-refractivity contribution in [2.75, 3.05) is 10.7 Å². The van der Waals surface area contributed by atoms with Crippen LogP contribution in [0.15, 0.2) is 30.3 Å². The van der Waals surface area contributed by atoms with Crippen LogP contribution in [0.4, 0.5) is 0 Å². The molecule has 19 heavy (non-hydrogen) atoms. The lowest BCUT2D eigenvalue weighted by Crippen LogP contribution is -2.55. The molecule has 1 aromatic carbocycles. The number of halogens is 2. The Morgan fingerprint density at radius 3 is 2.11 bits per heavy atom. The summed E-state index contributed by atoms with van der Waals surface area (Å²) in [6.07, 6.45) is 0.875. The van der Waals surface area contributed by atoms with Gasteiger partial charge in [0.15, 0.2) is 0 Å². The third kappa shape index (κ3) is 3.82. The number of hydrogen-bond donors (Lipinski definition) is 1. The van der Waals surface area contributed by atoms with Crippen molar-refractivity contribution in [1.82, 2.24) is 5.32 Å². The molecule has 0 saturated carbocycles. The van der Waals surface area contributed by atoms with Crippen LogP contribution < -0.4 is 5.32 Å². The van der Waals surface area contributed by atoms with E-state index in [1.54, 1.807) is 0 Å². The molecular formula is C15H21Br2NO. The van der Waals surface area contributed by atoms with E-state index in [1.807, 2.05) is 44.2 Å². The van der Waals surface area contributed by atoms with Gasteiger partial charge in [0, 0.05) is 10.7 Å². The number of hydrogen-bond acceptors (Lipinski definition) is 1. The molecule has 0 bridgehead atoms. The van der Waals surface area contributed by atoms with E-state index in [4.69, 9.17) is 0 Å². The van der Waals surface area contributed by atoms with Crippen molar-refractivity contribution in [2.45, 2.75) is 38.1 Å². The molecule has 0 spiro atoms. The molecule has 1 aromatic rings. The fourth-order valence-electron chi connectivity index (χ4n) is 1.76. The van der Waals surface area contributed by atoms with Crippen LogP contribution in [-0.4, -0.2) is 22.1 Å². The van der Waals surface area contributed by atoms with Crippen molar-refractivity contribution in [1.29, 1.82) is 0 Å². The maximum absolute atomic E-state index is 12.6. The van der Waals surface area contributed by atoms with Gasteiger partial charge >= 0.3 is 0 Å². The number of benzene rings is 1. The fraction of sp³-hybridized carbons (Fsp3) is 0.533. The smallest absolute Gasteiger partial charge is 0.230 e. The lowest BCUT2D eigenvalue weighted by atomic mass is 9.83. The highest BCUT2D eigenvalue weighted by Gasteiger charge is 2.35. The van der Waals surface area contributed by atoms with Gasteiger partial charge in [0.05, 0.1) is 11.0 Å². The molecule has 0 aromatic heterocycles. The first-order valence-electron chi connectivity index (χ1n) is 6.42. The van der Waals surface area contributed by atoms with Gasteiger partial charge in [-0.1, -0.05) is 69.1 Å². The third-order valence-electron chi connectivity index (χ3n) is 3.63. The van der Waals surface area contributed by atoms with Gasteiger partial charge in [0.2, 0.25) is 5.91 Å². The Morgan fingerprint density at radius 1 is 1.16 bits per heavy atom. The minimum absolute atomic E-state index is 0.0550. The molecule has 0 aliphatic rings. The van der Waals surface area contributed by atoms with E-state index >= 15 is 0 Å². The highest BCUT2D eigenvalue weighted by Crippen LogP contribution is 2.26. The van der Waals surface area contributed by atoms with Crippen LogP contribution in [0.3, 0.4) is 0 Å². The second kappa shape index (κ2) is 6.89. The van der Waals surface area contributed by atoms with Gasteiger partial charge < -0.3 is 5.32 Å². The molecule has 1 amide bonds. The van der Waals surface area contributed by atoms with Gasteiger partial charge in [-0.2, -0.15) is 0 Å². The topological polar surface area (TPSA) is 29.1 Å². The van der Waals surface area contributed by atoms with Crippen LogP contribution in [0.1, 0.15) is 32.8 Å². The predicted molar refractivity (Wildman–Crippen MR) is 88.2 cm³/mol. The first kappa shape index (κ1) is 16.7. The van der Waals surface area contributed by atoms with Crippen molar-refractivity contribution >= 4 is 37.8 Å². The summed E-state index contributed by atoms with van der Waals surface area (Å²) in [6, 6.07) is 9.88. The van der Waals surface area contributed by atoms with Crippen molar-refractivity contribution < 1.29 is 4.79 Å². The van der Waals surface area contributed by atoms with E-state index in [0.717, 1.165) is 22.6 Å². The first-order valence-corrected chi connectivity index (χ1v) is 8.66. The summed E-state index contributed by atoms with van der Waals surface area (Å²) < 4.78 is 0. The van der Waals surface area contributed by atoms with Crippen LogP contribution in [0.2, 0.25) is 0 Å². The molecule has 0 atom stereocenters. The highest BCUT2D eigenvalue weighted by molar-refractivity contribution is 9.09. The number of amides is 1. The minimum atomic E-state index is -0.536. The van der Waals surface area contributed by atoms with Crippen LogP contribution in [0.5, 0.6) is 0 Å². The van der Waals surface area contributed by atoms with Gasteiger partial charge in [-0.3, -0.25) is 4.79 Å². The molecule has 0 unspecified atom stereocenters. The third-order valence-corrected chi connectivity index (χ3v) is 5.78. The second-order valence-corrected chi connectivity index (χ2v) is 6.47. The summed E-state index contributed by atoms with van der Waals surface area (Å²) in [5, 5.41) is 4.65. The normalized spacial score (nSPS) is 12.3. The zero-order chi connectivity index (χ0) is 14.5. The van der Waals surface area contributed by atoms with E-state index in [9.17, 15) is 4.79 Å². The van der Waals surface area contributed by atoms with Crippen molar-refractivity contribution in [3.8, 4) is 0 Å². The summed E-state index contributed by atoms with van der Waals surface area (Å²) >= 11 is 7.00. The highest BCUT2D eigenvalue weighted by atomic mass is 79.9. The minimum Gasteiger partial charge on any atom is -0.348 e. The van der Waals surface area contributed by atoms with Gasteiger partial charge in [-0.05, 0) is 25.8 Å². The Labute approximate surface area is 132 Å². The van der Waals surface area contributed by atoms with Gasteiger partial charge in [0.1, 0.15) is 0 Å². The van der Waals surface area contributed by atoms with E-state index < -0.39 is 5.41 Å². The molecule has 0 saturated heterocycles. The zero-order valence-electron chi connectivity index (χ0n) is 11.7. The largest absolute Gasteiger partial charge is 0.348 e. The van der Waals surface area contributed by atoms with Gasteiger partial charge in [-0.15, -0.1) is 0 Å². The molecular weight excluding hydrogens is 370 g/mol. The number of alkyl halides is 2. The molecule has 1 N–H and O–H groups in total. The summed E-state index contributed by atoms with van der Waals surface area (Å²) in [6.45, 7) is 6.00. The molecule has 0 heterocycles. The molecule has 4 heteroatoms. The second-order valence-electron chi connectivity index (χ2n) is 5.35. The molecule has 1 rings (SSSR count). The van der Waals surface area contributed by atoms with E-state index in [2.05, 4.69) is 44.1 Å². The number of carbonyl (C=O) groups is 1. The average Bonchev–Trinajstić information content (AvgIpc) is 2.45. The Bertz CT molecular complexity index is 405. The summed E-state index contributed by atoms with van der Waals surface area (Å²) in [5.74, 6) is 0.0550. The standard InChI is InChI=1S/C15H21Br2NO/c1-4-15(10-16,11-17)18-13(19)14(2,3)12-8-6-5-7-9-12/h5-9H,4,10-11H2,1-3H3,(H,18,19). The maximum atomic E-state index is 12.6. The maximum Gasteiger partial charge on any atom is 0.230 e. The van der Waals surface area contributed by atoms with Crippen molar-refractivity contribution in [3.05, 3.63) is 35.9 Å². The summed E-state index contributed by atoms with van der Waals surface area (Å²) in [5.41, 5.74) is 0.261. The average molecular weight is 391 g/mol. The van der Waals surface area contributed by atoms with Crippen LogP contribution in [0, 0.1) is 0 Å². The molecule has 0 fully saturated rings. The number of rotatable bonds is 6. The Kier molecular flexibility index (Phi) is 6.06. The molecule has 106 valence electrons. The Balaban J connectivity index is 2.94. The molecule has 0 aliphatic heterocycles. The Hall–Kier alpha value is -0.350. The van der Waals surface area contributed by atoms with Crippen molar-refractivity contribution in [3.63, 3.8) is 0 Å². The van der Waals surface area contributed by atoms with Crippen molar-refractivity contribution in [2.24, 2.45) is 0 Å². The van der Waals surface area contributed by atoms with Gasteiger partial charge in [-0.25, -0.2) is 0 Å². The fourth-order valence-corrected chi connectivity index (χ4v) is 3.76. The van der Waals surface area contributed by atoms with Crippen LogP contribution in [-0.2, 0) is 10.2 Å². The lowest BCUT2D eigenvalue weighted by molar-refractivity contribution is -0.127. The van der Waals surface area contributed by atoms with E-state index in [-0.39, 0.29) is 11.4 Å². The number of carbonyl (C=O) groups excluding carboxylic acids is 1. The monoisotopic (exact) mass is 389 g/mol. The molecule has 2 nitrogen and oxygen atoms in total.